The normalized spacial score (nSPS) is 22.2. The first-order chi connectivity index (χ1) is 11.8. The Morgan fingerprint density at radius 1 is 1.21 bits per heavy atom. The summed E-state index contributed by atoms with van der Waals surface area (Å²) in [5.74, 6) is 1.68. The van der Waals surface area contributed by atoms with Crippen molar-refractivity contribution >= 4 is 5.91 Å². The lowest BCUT2D eigenvalue weighted by molar-refractivity contribution is -0.140. The molecule has 0 unspecified atom stereocenters. The number of likely N-dealkylation sites (tertiary alicyclic amines) is 1. The summed E-state index contributed by atoms with van der Waals surface area (Å²) >= 11 is 0. The lowest BCUT2D eigenvalue weighted by Gasteiger charge is -2.28. The van der Waals surface area contributed by atoms with Crippen molar-refractivity contribution in [3.8, 4) is 17.4 Å². The maximum absolute atomic E-state index is 12.6. The van der Waals surface area contributed by atoms with Crippen molar-refractivity contribution < 1.29 is 19.0 Å². The second kappa shape index (κ2) is 6.35. The van der Waals surface area contributed by atoms with Gasteiger partial charge in [-0.2, -0.15) is 5.10 Å². The number of hydrogen-bond donors (Lipinski definition) is 0. The molecule has 4 rings (SSSR count). The van der Waals surface area contributed by atoms with Gasteiger partial charge >= 0.3 is 0 Å². The maximum atomic E-state index is 12.6. The van der Waals surface area contributed by atoms with Gasteiger partial charge in [-0.25, -0.2) is 0 Å². The van der Waals surface area contributed by atoms with Gasteiger partial charge < -0.3 is 19.1 Å². The third kappa shape index (κ3) is 2.97. The van der Waals surface area contributed by atoms with Crippen LogP contribution in [0, 0.1) is 0 Å². The minimum absolute atomic E-state index is 0.0743. The van der Waals surface area contributed by atoms with Gasteiger partial charge in [-0.1, -0.05) is 12.1 Å². The number of fused-ring (bicyclic) bond motifs is 1. The highest BCUT2D eigenvalue weighted by molar-refractivity contribution is 5.82. The molecule has 2 aromatic rings. The van der Waals surface area contributed by atoms with E-state index < -0.39 is 6.10 Å². The Balaban J connectivity index is 1.36. The summed E-state index contributed by atoms with van der Waals surface area (Å²) < 4.78 is 17.2. The van der Waals surface area contributed by atoms with Crippen LogP contribution in [0.15, 0.2) is 42.6 Å². The average Bonchev–Trinajstić information content (AvgIpc) is 3.10. The number of nitrogens with zero attached hydrogens (tertiary/aromatic N) is 3. The van der Waals surface area contributed by atoms with E-state index in [1.165, 1.54) is 0 Å². The van der Waals surface area contributed by atoms with Gasteiger partial charge in [0.25, 0.3) is 5.91 Å². The van der Waals surface area contributed by atoms with Gasteiger partial charge in [0.2, 0.25) is 12.0 Å². The molecule has 0 spiro atoms. The Labute approximate surface area is 139 Å². The Kier molecular flexibility index (Phi) is 3.90. The molecule has 0 bridgehead atoms. The zero-order valence-electron chi connectivity index (χ0n) is 13.0. The van der Waals surface area contributed by atoms with Crippen LogP contribution in [0.5, 0.6) is 17.4 Å². The van der Waals surface area contributed by atoms with E-state index in [0.717, 1.165) is 6.42 Å². The molecular formula is C17H17N3O4. The summed E-state index contributed by atoms with van der Waals surface area (Å²) in [6, 6.07) is 10.9. The fraction of sp³-hybridized carbons (Fsp3) is 0.353. The van der Waals surface area contributed by atoms with Crippen LogP contribution in [-0.4, -0.2) is 52.9 Å². The summed E-state index contributed by atoms with van der Waals surface area (Å²) in [5, 5.41) is 7.69. The molecule has 2 aliphatic rings. The molecule has 7 nitrogen and oxygen atoms in total. The second-order valence-electron chi connectivity index (χ2n) is 5.74. The average molecular weight is 327 g/mol. The SMILES string of the molecule is O=C([C@@H]1COc2ccccc2O1)N1CC[C@H](Oc2cccnn2)C1. The molecular weight excluding hydrogens is 310 g/mol. The zero-order chi connectivity index (χ0) is 16.4. The van der Waals surface area contributed by atoms with E-state index in [0.29, 0.717) is 30.5 Å². The van der Waals surface area contributed by atoms with Gasteiger partial charge in [0.1, 0.15) is 12.7 Å². The highest BCUT2D eigenvalue weighted by Crippen LogP contribution is 2.31. The molecule has 24 heavy (non-hydrogen) atoms. The van der Waals surface area contributed by atoms with Gasteiger partial charge in [-0.15, -0.1) is 5.10 Å². The lowest BCUT2D eigenvalue weighted by Crippen LogP contribution is -2.46. The monoisotopic (exact) mass is 327 g/mol. The fourth-order valence-electron chi connectivity index (χ4n) is 2.89. The topological polar surface area (TPSA) is 73.8 Å². The highest BCUT2D eigenvalue weighted by Gasteiger charge is 2.35. The second-order valence-corrected chi connectivity index (χ2v) is 5.74. The molecule has 2 aliphatic heterocycles. The van der Waals surface area contributed by atoms with Crippen LogP contribution in [0.25, 0.3) is 0 Å². The third-order valence-corrected chi connectivity index (χ3v) is 4.08. The van der Waals surface area contributed by atoms with Crippen LogP contribution in [0.3, 0.4) is 0 Å². The first kappa shape index (κ1) is 14.7. The van der Waals surface area contributed by atoms with Gasteiger partial charge in [-0.05, 0) is 18.2 Å². The van der Waals surface area contributed by atoms with E-state index in [9.17, 15) is 4.79 Å². The number of rotatable bonds is 3. The fourth-order valence-corrected chi connectivity index (χ4v) is 2.89. The Hall–Kier alpha value is -2.83. The Morgan fingerprint density at radius 3 is 2.92 bits per heavy atom. The predicted octanol–water partition coefficient (Wildman–Crippen LogP) is 1.30. The van der Waals surface area contributed by atoms with Crippen LogP contribution in [0.2, 0.25) is 0 Å². The number of hydrogen-bond acceptors (Lipinski definition) is 6. The maximum Gasteiger partial charge on any atom is 0.267 e. The van der Waals surface area contributed by atoms with Crippen LogP contribution in [0.1, 0.15) is 6.42 Å². The Bertz CT molecular complexity index is 725. The highest BCUT2D eigenvalue weighted by atomic mass is 16.6. The standard InChI is InChI=1S/C17H17N3O4/c21-17(15-11-22-13-4-1-2-5-14(13)24-15)20-9-7-12(10-20)23-16-6-3-8-18-19-16/h1-6,8,12,15H,7,9-11H2/t12-,15-/m0/s1. The van der Waals surface area contributed by atoms with E-state index in [1.54, 1.807) is 29.3 Å². The summed E-state index contributed by atoms with van der Waals surface area (Å²) in [6.07, 6.45) is 1.65. The van der Waals surface area contributed by atoms with Crippen LogP contribution in [-0.2, 0) is 4.79 Å². The van der Waals surface area contributed by atoms with Crippen molar-refractivity contribution in [1.29, 1.82) is 0 Å². The van der Waals surface area contributed by atoms with Gasteiger partial charge in [0, 0.05) is 25.2 Å². The number of carbonyl (C=O) groups is 1. The van der Waals surface area contributed by atoms with Crippen molar-refractivity contribution in [3.05, 3.63) is 42.6 Å². The first-order valence-corrected chi connectivity index (χ1v) is 7.91. The molecule has 1 aromatic heterocycles. The smallest absolute Gasteiger partial charge is 0.267 e. The number of ether oxygens (including phenoxy) is 3. The van der Waals surface area contributed by atoms with Crippen LogP contribution >= 0.6 is 0 Å². The lowest BCUT2D eigenvalue weighted by atomic mass is 10.2. The van der Waals surface area contributed by atoms with Crippen molar-refractivity contribution in [3.63, 3.8) is 0 Å². The summed E-state index contributed by atoms with van der Waals surface area (Å²) in [4.78, 5) is 14.4. The number of amides is 1. The molecule has 0 radical (unpaired) electrons. The molecule has 0 saturated carbocycles. The molecule has 7 heteroatoms. The summed E-state index contributed by atoms with van der Waals surface area (Å²) in [5.41, 5.74) is 0. The number of aromatic nitrogens is 2. The molecule has 1 amide bonds. The van der Waals surface area contributed by atoms with Gasteiger partial charge in [0.15, 0.2) is 11.5 Å². The molecule has 3 heterocycles. The largest absolute Gasteiger partial charge is 0.485 e. The predicted molar refractivity (Wildman–Crippen MR) is 84.0 cm³/mol. The minimum Gasteiger partial charge on any atom is -0.485 e. The number of benzene rings is 1. The van der Waals surface area contributed by atoms with Crippen LogP contribution < -0.4 is 14.2 Å². The molecule has 1 aromatic carbocycles. The van der Waals surface area contributed by atoms with E-state index in [-0.39, 0.29) is 18.6 Å². The van der Waals surface area contributed by atoms with Crippen LogP contribution in [0.4, 0.5) is 0 Å². The number of carbonyl (C=O) groups excluding carboxylic acids is 1. The van der Waals surface area contributed by atoms with E-state index in [4.69, 9.17) is 14.2 Å². The van der Waals surface area contributed by atoms with E-state index >= 15 is 0 Å². The molecule has 2 atom stereocenters. The van der Waals surface area contributed by atoms with E-state index in [2.05, 4.69) is 10.2 Å². The quantitative estimate of drug-likeness (QED) is 0.846. The van der Waals surface area contributed by atoms with Crippen molar-refractivity contribution in [2.45, 2.75) is 18.6 Å². The molecule has 124 valence electrons. The minimum atomic E-state index is -0.616. The summed E-state index contributed by atoms with van der Waals surface area (Å²) in [6.45, 7) is 1.37. The summed E-state index contributed by atoms with van der Waals surface area (Å²) in [7, 11) is 0. The molecule has 1 saturated heterocycles. The zero-order valence-corrected chi connectivity index (χ0v) is 13.0. The van der Waals surface area contributed by atoms with Gasteiger partial charge in [-0.3, -0.25) is 4.79 Å². The van der Waals surface area contributed by atoms with Crippen molar-refractivity contribution in [1.82, 2.24) is 15.1 Å². The Morgan fingerprint density at radius 2 is 2.08 bits per heavy atom. The number of para-hydroxylation sites is 2. The molecule has 1 fully saturated rings. The first-order valence-electron chi connectivity index (χ1n) is 7.91. The molecule has 0 N–H and O–H groups in total. The third-order valence-electron chi connectivity index (χ3n) is 4.08. The van der Waals surface area contributed by atoms with E-state index in [1.807, 2.05) is 18.2 Å². The van der Waals surface area contributed by atoms with Gasteiger partial charge in [0.05, 0.1) is 6.54 Å². The van der Waals surface area contributed by atoms with Crippen molar-refractivity contribution in [2.24, 2.45) is 0 Å². The van der Waals surface area contributed by atoms with Crippen molar-refractivity contribution in [2.75, 3.05) is 19.7 Å². The molecule has 0 aliphatic carbocycles.